The van der Waals surface area contributed by atoms with Gasteiger partial charge in [0, 0.05) is 43.1 Å². The van der Waals surface area contributed by atoms with E-state index in [2.05, 4.69) is 39.3 Å². The Balaban J connectivity index is 2.17. The summed E-state index contributed by atoms with van der Waals surface area (Å²) in [5, 5.41) is 6.07. The SMILES string of the molecule is CCCN(CCC)c1nc(C)cc(Nc2ccc(NC(C)=O)cc2)n1. The Morgan fingerprint density at radius 2 is 1.64 bits per heavy atom. The van der Waals surface area contributed by atoms with Crippen LogP contribution in [0.1, 0.15) is 39.3 Å². The minimum absolute atomic E-state index is 0.0799. The number of carbonyl (C=O) groups is 1. The summed E-state index contributed by atoms with van der Waals surface area (Å²) in [6.45, 7) is 9.69. The first-order valence-corrected chi connectivity index (χ1v) is 8.77. The second kappa shape index (κ2) is 9.01. The summed E-state index contributed by atoms with van der Waals surface area (Å²) in [4.78, 5) is 22.6. The zero-order valence-corrected chi connectivity index (χ0v) is 15.5. The van der Waals surface area contributed by atoms with Crippen molar-refractivity contribution in [3.05, 3.63) is 36.0 Å². The van der Waals surface area contributed by atoms with Gasteiger partial charge in [0.25, 0.3) is 0 Å². The van der Waals surface area contributed by atoms with Gasteiger partial charge in [-0.05, 0) is 44.0 Å². The Bertz CT molecular complexity index is 693. The maximum atomic E-state index is 11.1. The van der Waals surface area contributed by atoms with Crippen LogP contribution in [0.25, 0.3) is 0 Å². The van der Waals surface area contributed by atoms with E-state index >= 15 is 0 Å². The van der Waals surface area contributed by atoms with Crippen LogP contribution in [0.5, 0.6) is 0 Å². The van der Waals surface area contributed by atoms with Crippen LogP contribution >= 0.6 is 0 Å². The molecule has 1 aromatic carbocycles. The Kier molecular flexibility index (Phi) is 6.74. The third kappa shape index (κ3) is 5.74. The van der Waals surface area contributed by atoms with Crippen LogP contribution in [0.4, 0.5) is 23.1 Å². The summed E-state index contributed by atoms with van der Waals surface area (Å²) in [7, 11) is 0. The summed E-state index contributed by atoms with van der Waals surface area (Å²) in [5.74, 6) is 1.46. The molecule has 6 heteroatoms. The molecular formula is C19H27N5O. The van der Waals surface area contributed by atoms with E-state index in [4.69, 9.17) is 0 Å². The number of nitrogens with one attached hydrogen (secondary N) is 2. The molecule has 2 rings (SSSR count). The first kappa shape index (κ1) is 18.7. The van der Waals surface area contributed by atoms with Gasteiger partial charge in [-0.2, -0.15) is 4.98 Å². The van der Waals surface area contributed by atoms with Crippen LogP contribution in [0, 0.1) is 6.92 Å². The molecule has 0 radical (unpaired) electrons. The van der Waals surface area contributed by atoms with E-state index in [9.17, 15) is 4.79 Å². The van der Waals surface area contributed by atoms with E-state index in [1.165, 1.54) is 6.92 Å². The maximum absolute atomic E-state index is 11.1. The number of anilines is 4. The molecule has 0 saturated carbocycles. The van der Waals surface area contributed by atoms with Crippen LogP contribution in [0.15, 0.2) is 30.3 Å². The summed E-state index contributed by atoms with van der Waals surface area (Å²) in [6.07, 6.45) is 2.12. The van der Waals surface area contributed by atoms with Crippen molar-refractivity contribution in [1.29, 1.82) is 0 Å². The molecule has 1 aromatic heterocycles. The molecule has 0 aliphatic carbocycles. The van der Waals surface area contributed by atoms with Crippen molar-refractivity contribution >= 4 is 29.0 Å². The van der Waals surface area contributed by atoms with Crippen LogP contribution in [-0.2, 0) is 4.79 Å². The lowest BCUT2D eigenvalue weighted by molar-refractivity contribution is -0.114. The fourth-order valence-electron chi connectivity index (χ4n) is 2.60. The highest BCUT2D eigenvalue weighted by atomic mass is 16.1. The zero-order valence-electron chi connectivity index (χ0n) is 15.5. The Labute approximate surface area is 149 Å². The Hall–Kier alpha value is -2.63. The molecule has 0 saturated heterocycles. The standard InChI is InChI=1S/C19H27N5O/c1-5-11-24(12-6-2)19-20-14(3)13-18(23-19)22-17-9-7-16(8-10-17)21-15(4)25/h7-10,13H,5-6,11-12H2,1-4H3,(H,21,25)(H,20,22,23). The number of hydrogen-bond acceptors (Lipinski definition) is 5. The maximum Gasteiger partial charge on any atom is 0.227 e. The number of amides is 1. The Morgan fingerprint density at radius 1 is 1.04 bits per heavy atom. The molecule has 0 aliphatic heterocycles. The molecule has 0 bridgehead atoms. The van der Waals surface area contributed by atoms with Crippen LogP contribution in [0.2, 0.25) is 0 Å². The number of aromatic nitrogens is 2. The summed E-state index contributed by atoms with van der Waals surface area (Å²) in [5.41, 5.74) is 2.62. The number of aryl methyl sites for hydroxylation is 1. The lowest BCUT2D eigenvalue weighted by Gasteiger charge is -2.22. The zero-order chi connectivity index (χ0) is 18.2. The first-order valence-electron chi connectivity index (χ1n) is 8.77. The lowest BCUT2D eigenvalue weighted by atomic mass is 10.2. The van der Waals surface area contributed by atoms with Gasteiger partial charge in [0.05, 0.1) is 0 Å². The largest absolute Gasteiger partial charge is 0.341 e. The number of benzene rings is 1. The molecule has 0 atom stereocenters. The van der Waals surface area contributed by atoms with Gasteiger partial charge in [0.2, 0.25) is 11.9 Å². The average Bonchev–Trinajstić information content (AvgIpc) is 2.55. The molecule has 0 fully saturated rings. The summed E-state index contributed by atoms with van der Waals surface area (Å²) in [6, 6.07) is 9.48. The molecule has 134 valence electrons. The molecule has 0 aliphatic rings. The average molecular weight is 341 g/mol. The molecule has 1 amide bonds. The number of carbonyl (C=O) groups excluding carboxylic acids is 1. The smallest absolute Gasteiger partial charge is 0.227 e. The molecule has 2 N–H and O–H groups in total. The summed E-state index contributed by atoms with van der Waals surface area (Å²) < 4.78 is 0. The minimum Gasteiger partial charge on any atom is -0.341 e. The Morgan fingerprint density at radius 3 is 2.20 bits per heavy atom. The van der Waals surface area contributed by atoms with Crippen LogP contribution in [0.3, 0.4) is 0 Å². The van der Waals surface area contributed by atoms with E-state index in [1.54, 1.807) is 0 Å². The van der Waals surface area contributed by atoms with Crippen molar-refractivity contribution in [2.24, 2.45) is 0 Å². The van der Waals surface area contributed by atoms with Crippen molar-refractivity contribution < 1.29 is 4.79 Å². The highest BCUT2D eigenvalue weighted by Gasteiger charge is 2.10. The lowest BCUT2D eigenvalue weighted by Crippen LogP contribution is -2.27. The second-order valence-corrected chi connectivity index (χ2v) is 6.07. The van der Waals surface area contributed by atoms with Gasteiger partial charge in [-0.15, -0.1) is 0 Å². The summed E-state index contributed by atoms with van der Waals surface area (Å²) >= 11 is 0. The molecular weight excluding hydrogens is 314 g/mol. The first-order chi connectivity index (χ1) is 12.0. The normalized spacial score (nSPS) is 10.4. The third-order valence-corrected chi connectivity index (χ3v) is 3.59. The van der Waals surface area contributed by atoms with Gasteiger partial charge in [0.15, 0.2) is 0 Å². The van der Waals surface area contributed by atoms with Crippen LogP contribution in [-0.4, -0.2) is 29.0 Å². The number of hydrogen-bond donors (Lipinski definition) is 2. The topological polar surface area (TPSA) is 70.2 Å². The van der Waals surface area contributed by atoms with Gasteiger partial charge in [-0.1, -0.05) is 13.8 Å². The van der Waals surface area contributed by atoms with Crippen molar-refractivity contribution in [2.45, 2.75) is 40.5 Å². The highest BCUT2D eigenvalue weighted by molar-refractivity contribution is 5.88. The quantitative estimate of drug-likeness (QED) is 0.756. The van der Waals surface area contributed by atoms with Gasteiger partial charge in [-0.25, -0.2) is 4.98 Å². The van der Waals surface area contributed by atoms with Crippen molar-refractivity contribution in [3.63, 3.8) is 0 Å². The number of nitrogens with zero attached hydrogens (tertiary/aromatic N) is 3. The molecule has 2 aromatic rings. The van der Waals surface area contributed by atoms with Crippen molar-refractivity contribution in [2.75, 3.05) is 28.6 Å². The third-order valence-electron chi connectivity index (χ3n) is 3.59. The van der Waals surface area contributed by atoms with Crippen molar-refractivity contribution in [3.8, 4) is 0 Å². The van der Waals surface area contributed by atoms with Gasteiger partial charge in [-0.3, -0.25) is 4.79 Å². The van der Waals surface area contributed by atoms with Gasteiger partial charge >= 0.3 is 0 Å². The predicted octanol–water partition coefficient (Wildman–Crippen LogP) is 4.11. The minimum atomic E-state index is -0.0799. The van der Waals surface area contributed by atoms with E-state index in [0.29, 0.717) is 0 Å². The van der Waals surface area contributed by atoms with Gasteiger partial charge < -0.3 is 15.5 Å². The molecule has 0 unspecified atom stereocenters. The predicted molar refractivity (Wildman–Crippen MR) is 104 cm³/mol. The van der Waals surface area contributed by atoms with E-state index in [-0.39, 0.29) is 5.91 Å². The van der Waals surface area contributed by atoms with Gasteiger partial charge in [0.1, 0.15) is 5.82 Å². The fraction of sp³-hybridized carbons (Fsp3) is 0.421. The molecule has 6 nitrogen and oxygen atoms in total. The van der Waals surface area contributed by atoms with E-state index in [1.807, 2.05) is 37.3 Å². The molecule has 25 heavy (non-hydrogen) atoms. The van der Waals surface area contributed by atoms with E-state index in [0.717, 1.165) is 54.8 Å². The van der Waals surface area contributed by atoms with E-state index < -0.39 is 0 Å². The fourth-order valence-corrected chi connectivity index (χ4v) is 2.60. The van der Waals surface area contributed by atoms with Crippen molar-refractivity contribution in [1.82, 2.24) is 9.97 Å². The van der Waals surface area contributed by atoms with Crippen LogP contribution < -0.4 is 15.5 Å². The number of rotatable bonds is 8. The second-order valence-electron chi connectivity index (χ2n) is 6.07. The highest BCUT2D eigenvalue weighted by Crippen LogP contribution is 2.20. The molecule has 1 heterocycles. The molecule has 0 spiro atoms. The monoisotopic (exact) mass is 341 g/mol.